The topological polar surface area (TPSA) is 141 Å². The van der Waals surface area contributed by atoms with Gasteiger partial charge in [-0.3, -0.25) is 9.59 Å². The van der Waals surface area contributed by atoms with Crippen LogP contribution in [0, 0.1) is 6.92 Å². The van der Waals surface area contributed by atoms with Crippen LogP contribution in [0.4, 0.5) is 0 Å². The Hall–Kier alpha value is -3.88. The van der Waals surface area contributed by atoms with Gasteiger partial charge in [0.05, 0.1) is 11.7 Å². The Balaban J connectivity index is 1.37. The molecule has 0 radical (unpaired) electrons. The number of phenols is 1. The largest absolute Gasteiger partial charge is 0.507 e. The molecule has 3 aromatic rings. The van der Waals surface area contributed by atoms with Gasteiger partial charge in [-0.25, -0.2) is 0 Å². The predicted molar refractivity (Wildman–Crippen MR) is 120 cm³/mol. The molecule has 1 heterocycles. The number of hydrogen-bond donors (Lipinski definition) is 3. The van der Waals surface area contributed by atoms with Crippen LogP contribution in [0.5, 0.6) is 11.5 Å². The van der Waals surface area contributed by atoms with Gasteiger partial charge in [-0.1, -0.05) is 23.7 Å². The second-order valence-corrected chi connectivity index (χ2v) is 8.18. The number of aryl methyl sites for hydroxylation is 1. The maximum absolute atomic E-state index is 12.4. The molecule has 1 aliphatic carbocycles. The summed E-state index contributed by atoms with van der Waals surface area (Å²) in [7, 11) is 0. The van der Waals surface area contributed by atoms with Crippen molar-refractivity contribution in [3.63, 3.8) is 0 Å². The number of nitrogens with one attached hydrogen (secondary N) is 1. The van der Waals surface area contributed by atoms with Gasteiger partial charge in [0, 0.05) is 12.1 Å². The Kier molecular flexibility index (Phi) is 6.58. The van der Waals surface area contributed by atoms with Crippen LogP contribution in [0.3, 0.4) is 0 Å². The summed E-state index contributed by atoms with van der Waals surface area (Å²) in [4.78, 5) is 28.1. The van der Waals surface area contributed by atoms with Gasteiger partial charge in [-0.05, 0) is 68.0 Å². The standard InChI is InChI=1S/C24H26N4O5/c1-14-11-16(12-19(20(14)29)21(25)30)22-27-24(33-28-22)23(31)26-13-15-7-9-18(10-8-15)32-17-5-3-2-4-6-17/h7-12,17,29H,2-6,13H2,1H3,(H2,25,30)(H,26,31). The number of benzene rings is 2. The Morgan fingerprint density at radius 2 is 1.91 bits per heavy atom. The average molecular weight is 450 g/mol. The summed E-state index contributed by atoms with van der Waals surface area (Å²) in [5, 5.41) is 16.5. The monoisotopic (exact) mass is 450 g/mol. The number of nitrogens with zero attached hydrogens (tertiary/aromatic N) is 2. The Labute approximate surface area is 190 Å². The molecule has 9 heteroatoms. The third kappa shape index (κ3) is 5.31. The highest BCUT2D eigenvalue weighted by atomic mass is 16.5. The van der Waals surface area contributed by atoms with Crippen molar-refractivity contribution in [1.29, 1.82) is 0 Å². The summed E-state index contributed by atoms with van der Waals surface area (Å²) >= 11 is 0. The van der Waals surface area contributed by atoms with Gasteiger partial charge in [-0.2, -0.15) is 4.98 Å². The minimum Gasteiger partial charge on any atom is -0.507 e. The number of carbonyl (C=O) groups excluding carboxylic acids is 2. The first kappa shape index (κ1) is 22.3. The maximum atomic E-state index is 12.4. The summed E-state index contributed by atoms with van der Waals surface area (Å²) in [5.74, 6) is -0.791. The summed E-state index contributed by atoms with van der Waals surface area (Å²) in [5.41, 5.74) is 6.97. The lowest BCUT2D eigenvalue weighted by atomic mass is 9.98. The molecule has 4 N–H and O–H groups in total. The normalized spacial score (nSPS) is 14.1. The third-order valence-electron chi connectivity index (χ3n) is 5.68. The van der Waals surface area contributed by atoms with E-state index < -0.39 is 11.8 Å². The molecule has 9 nitrogen and oxygen atoms in total. The van der Waals surface area contributed by atoms with Crippen molar-refractivity contribution in [2.75, 3.05) is 0 Å². The van der Waals surface area contributed by atoms with E-state index in [0.29, 0.717) is 11.1 Å². The van der Waals surface area contributed by atoms with E-state index in [9.17, 15) is 14.7 Å². The van der Waals surface area contributed by atoms with Gasteiger partial charge in [0.2, 0.25) is 5.82 Å². The van der Waals surface area contributed by atoms with Crippen LogP contribution < -0.4 is 15.8 Å². The first-order valence-electron chi connectivity index (χ1n) is 10.9. The molecule has 0 unspecified atom stereocenters. The highest BCUT2D eigenvalue weighted by Crippen LogP contribution is 2.28. The van der Waals surface area contributed by atoms with Gasteiger partial charge in [0.15, 0.2) is 0 Å². The van der Waals surface area contributed by atoms with Crippen molar-refractivity contribution >= 4 is 11.8 Å². The molecule has 0 bridgehead atoms. The van der Waals surface area contributed by atoms with E-state index in [1.165, 1.54) is 25.3 Å². The van der Waals surface area contributed by atoms with Crippen molar-refractivity contribution in [2.45, 2.75) is 51.7 Å². The van der Waals surface area contributed by atoms with Crippen LogP contribution in [0.15, 0.2) is 40.9 Å². The number of primary amides is 1. The fourth-order valence-corrected chi connectivity index (χ4v) is 3.85. The minimum atomic E-state index is -0.783. The third-order valence-corrected chi connectivity index (χ3v) is 5.68. The maximum Gasteiger partial charge on any atom is 0.316 e. The van der Waals surface area contributed by atoms with Crippen LogP contribution in [-0.4, -0.2) is 33.2 Å². The molecule has 1 aliphatic rings. The van der Waals surface area contributed by atoms with Gasteiger partial charge >= 0.3 is 11.8 Å². The number of ether oxygens (including phenoxy) is 1. The first-order chi connectivity index (χ1) is 15.9. The van der Waals surface area contributed by atoms with Crippen LogP contribution in [0.1, 0.15) is 64.3 Å². The molecule has 1 fully saturated rings. The van der Waals surface area contributed by atoms with E-state index in [4.69, 9.17) is 15.0 Å². The number of rotatable bonds is 7. The Bertz CT molecular complexity index is 1150. The molecule has 4 rings (SSSR count). The molecular weight excluding hydrogens is 424 g/mol. The zero-order chi connectivity index (χ0) is 23.4. The van der Waals surface area contributed by atoms with E-state index in [0.717, 1.165) is 24.2 Å². The molecule has 33 heavy (non-hydrogen) atoms. The quantitative estimate of drug-likeness (QED) is 0.500. The average Bonchev–Trinajstić information content (AvgIpc) is 3.31. The van der Waals surface area contributed by atoms with Crippen LogP contribution in [0.2, 0.25) is 0 Å². The molecule has 1 saturated carbocycles. The molecule has 172 valence electrons. The second kappa shape index (κ2) is 9.72. The molecular formula is C24H26N4O5. The van der Waals surface area contributed by atoms with Crippen molar-refractivity contribution in [3.05, 3.63) is 59.0 Å². The van der Waals surface area contributed by atoms with Crippen LogP contribution in [-0.2, 0) is 6.54 Å². The fraction of sp³-hybridized carbons (Fsp3) is 0.333. The van der Waals surface area contributed by atoms with E-state index in [-0.39, 0.29) is 35.7 Å². The Morgan fingerprint density at radius 1 is 1.18 bits per heavy atom. The van der Waals surface area contributed by atoms with Gasteiger partial charge in [-0.15, -0.1) is 0 Å². The fourth-order valence-electron chi connectivity index (χ4n) is 3.85. The first-order valence-corrected chi connectivity index (χ1v) is 10.9. The highest BCUT2D eigenvalue weighted by molar-refractivity contribution is 5.97. The number of hydrogen-bond acceptors (Lipinski definition) is 7. The molecule has 0 spiro atoms. The second-order valence-electron chi connectivity index (χ2n) is 8.18. The zero-order valence-electron chi connectivity index (χ0n) is 18.3. The summed E-state index contributed by atoms with van der Waals surface area (Å²) < 4.78 is 11.1. The lowest BCUT2D eigenvalue weighted by Crippen LogP contribution is -2.23. The van der Waals surface area contributed by atoms with Crippen molar-refractivity contribution in [3.8, 4) is 22.9 Å². The molecule has 1 aromatic heterocycles. The molecule has 0 saturated heterocycles. The highest BCUT2D eigenvalue weighted by Gasteiger charge is 2.19. The number of amides is 2. The van der Waals surface area contributed by atoms with E-state index in [2.05, 4.69) is 15.5 Å². The SMILES string of the molecule is Cc1cc(-c2noc(C(=O)NCc3ccc(OC4CCCCC4)cc3)n2)cc(C(N)=O)c1O. The van der Waals surface area contributed by atoms with Crippen molar-refractivity contribution in [1.82, 2.24) is 15.5 Å². The van der Waals surface area contributed by atoms with Crippen LogP contribution in [0.25, 0.3) is 11.4 Å². The minimum absolute atomic E-state index is 0.0586. The van der Waals surface area contributed by atoms with Crippen molar-refractivity contribution in [2.24, 2.45) is 5.73 Å². The Morgan fingerprint density at radius 3 is 2.61 bits per heavy atom. The summed E-state index contributed by atoms with van der Waals surface area (Å²) in [6, 6.07) is 10.6. The lowest BCUT2D eigenvalue weighted by molar-refractivity contribution is 0.0906. The number of aromatic hydroxyl groups is 1. The smallest absolute Gasteiger partial charge is 0.316 e. The lowest BCUT2D eigenvalue weighted by Gasteiger charge is -2.23. The van der Waals surface area contributed by atoms with Gasteiger partial charge in [0.25, 0.3) is 5.91 Å². The zero-order valence-corrected chi connectivity index (χ0v) is 18.3. The van der Waals surface area contributed by atoms with E-state index >= 15 is 0 Å². The van der Waals surface area contributed by atoms with Crippen LogP contribution >= 0.6 is 0 Å². The predicted octanol–water partition coefficient (Wildman–Crippen LogP) is 3.49. The van der Waals surface area contributed by atoms with E-state index in [1.807, 2.05) is 24.3 Å². The van der Waals surface area contributed by atoms with Gasteiger partial charge in [0.1, 0.15) is 11.5 Å². The van der Waals surface area contributed by atoms with E-state index in [1.54, 1.807) is 13.0 Å². The summed E-state index contributed by atoms with van der Waals surface area (Å²) in [6.07, 6.45) is 6.18. The number of carbonyl (C=O) groups is 2. The van der Waals surface area contributed by atoms with Crippen molar-refractivity contribution < 1.29 is 24.0 Å². The molecule has 0 aliphatic heterocycles. The number of nitrogens with two attached hydrogens (primary N) is 1. The summed E-state index contributed by atoms with van der Waals surface area (Å²) in [6.45, 7) is 1.90. The van der Waals surface area contributed by atoms with Gasteiger partial charge < -0.3 is 25.4 Å². The molecule has 2 aromatic carbocycles. The molecule has 2 amide bonds. The molecule has 0 atom stereocenters. The number of aromatic nitrogens is 2.